The van der Waals surface area contributed by atoms with Crippen molar-refractivity contribution in [2.45, 2.75) is 0 Å². The monoisotopic (exact) mass is 245 g/mol. The van der Waals surface area contributed by atoms with Crippen LogP contribution >= 0.6 is 0 Å². The summed E-state index contributed by atoms with van der Waals surface area (Å²) in [5, 5.41) is 3.01. The third-order valence-corrected chi connectivity index (χ3v) is 1.33. The minimum atomic E-state index is 0. The molecule has 51 valence electrons. The van der Waals surface area contributed by atoms with E-state index in [4.69, 9.17) is 0 Å². The van der Waals surface area contributed by atoms with Gasteiger partial charge >= 0.3 is 0 Å². The van der Waals surface area contributed by atoms with E-state index in [1.165, 1.54) is 0 Å². The summed E-state index contributed by atoms with van der Waals surface area (Å²) >= 11 is 0. The first-order chi connectivity index (χ1) is 4.47. The van der Waals surface area contributed by atoms with Gasteiger partial charge in [0.2, 0.25) is 5.69 Å². The van der Waals surface area contributed by atoms with Crippen LogP contribution in [0.4, 0.5) is 11.4 Å². The number of benzene rings is 1. The minimum absolute atomic E-state index is 0. The van der Waals surface area contributed by atoms with Gasteiger partial charge in [0, 0.05) is 0 Å². The first kappa shape index (κ1) is 7.53. The van der Waals surface area contributed by atoms with Crippen LogP contribution in [0.25, 0.3) is 0 Å². The zero-order valence-corrected chi connectivity index (χ0v) is 7.37. The normalized spacial score (nSPS) is 11.6. The average molecular weight is 245 g/mol. The molecule has 0 aliphatic carbocycles. The molecule has 0 aromatic heterocycles. The van der Waals surface area contributed by atoms with E-state index in [-0.39, 0.29) is 24.0 Å². The average Bonchev–Trinajstić information content (AvgIpc) is 2.33. The highest BCUT2D eigenvalue weighted by Crippen LogP contribution is 2.20. The largest absolute Gasteiger partial charge is 1.00 e. The van der Waals surface area contributed by atoms with Gasteiger partial charge in [-0.1, -0.05) is 12.1 Å². The summed E-state index contributed by atoms with van der Waals surface area (Å²) in [6, 6.07) is 7.94. The molecule has 2 nitrogen and oxygen atoms in total. The molecular formula is C7H6IN2. The summed E-state index contributed by atoms with van der Waals surface area (Å²) in [6.45, 7) is 0. The molecule has 1 radical (unpaired) electrons. The quantitative estimate of drug-likeness (QED) is 0.531. The van der Waals surface area contributed by atoms with Gasteiger partial charge in [0.05, 0.1) is 0 Å². The van der Waals surface area contributed by atoms with Crippen LogP contribution in [0.1, 0.15) is 0 Å². The van der Waals surface area contributed by atoms with E-state index in [1.807, 2.05) is 24.3 Å². The van der Waals surface area contributed by atoms with Gasteiger partial charge in [0.25, 0.3) is 6.34 Å². The Hall–Kier alpha value is -0.580. The third kappa shape index (κ3) is 1.13. The van der Waals surface area contributed by atoms with E-state index >= 15 is 0 Å². The van der Waals surface area contributed by atoms with Crippen LogP contribution in [0.2, 0.25) is 0 Å². The molecule has 10 heavy (non-hydrogen) atoms. The van der Waals surface area contributed by atoms with Crippen molar-refractivity contribution in [2.75, 3.05) is 5.32 Å². The van der Waals surface area contributed by atoms with Crippen molar-refractivity contribution in [2.24, 2.45) is 0 Å². The van der Waals surface area contributed by atoms with E-state index in [9.17, 15) is 0 Å². The molecule has 0 saturated heterocycles. The SMILES string of the molecule is C1=[N+]c2ccccc2N1.[I-]. The molecule has 0 fully saturated rings. The number of fused-ring (bicyclic) bond motifs is 1. The fraction of sp³-hybridized carbons (Fsp3) is 0. The fourth-order valence-electron chi connectivity index (χ4n) is 0.880. The standard InChI is InChI=1S/C7H6N2.HI/c1-2-4-7-6(3-1)8-5-9-7;/h1-5,8H;1H/q+1;/p-1. The minimum Gasteiger partial charge on any atom is -1.00 e. The molecule has 0 bridgehead atoms. The van der Waals surface area contributed by atoms with Crippen molar-refractivity contribution in [3.63, 3.8) is 0 Å². The van der Waals surface area contributed by atoms with Gasteiger partial charge in [0.1, 0.15) is 0 Å². The summed E-state index contributed by atoms with van der Waals surface area (Å²) in [7, 11) is 0. The molecular weight excluding hydrogens is 239 g/mol. The molecule has 1 aromatic carbocycles. The van der Waals surface area contributed by atoms with Crippen molar-refractivity contribution >= 4 is 17.7 Å². The molecule has 0 spiro atoms. The van der Waals surface area contributed by atoms with Gasteiger partial charge in [-0.2, -0.15) is 0 Å². The highest BCUT2D eigenvalue weighted by Gasteiger charge is 2.12. The molecule has 2 rings (SSSR count). The lowest BCUT2D eigenvalue weighted by Gasteiger charge is -1.84. The van der Waals surface area contributed by atoms with Crippen molar-refractivity contribution in [3.8, 4) is 0 Å². The van der Waals surface area contributed by atoms with Crippen LogP contribution < -0.4 is 34.3 Å². The second-order valence-electron chi connectivity index (χ2n) is 1.92. The van der Waals surface area contributed by atoms with Gasteiger partial charge in [-0.05, 0) is 17.1 Å². The Morgan fingerprint density at radius 3 is 2.80 bits per heavy atom. The number of para-hydroxylation sites is 2. The van der Waals surface area contributed by atoms with Crippen LogP contribution in [0.5, 0.6) is 0 Å². The lowest BCUT2D eigenvalue weighted by Crippen LogP contribution is -3.00. The number of nitrogens with one attached hydrogen (secondary N) is 1. The van der Waals surface area contributed by atoms with E-state index in [2.05, 4.69) is 10.3 Å². The maximum atomic E-state index is 4.06. The highest BCUT2D eigenvalue weighted by atomic mass is 127. The number of nitrogens with zero attached hydrogens (tertiary/aromatic N) is 1. The number of hydrogen-bond donors (Lipinski definition) is 1. The Kier molecular flexibility index (Phi) is 2.26. The maximum Gasteiger partial charge on any atom is 0.285 e. The van der Waals surface area contributed by atoms with Gasteiger partial charge in [0.15, 0.2) is 5.69 Å². The Balaban J connectivity index is 0.000000500. The smallest absolute Gasteiger partial charge is 0.285 e. The van der Waals surface area contributed by atoms with Gasteiger partial charge in [-0.25, -0.2) is 5.32 Å². The summed E-state index contributed by atoms with van der Waals surface area (Å²) in [5.41, 5.74) is 2.12. The molecule has 1 aliphatic heterocycles. The number of halogens is 1. The molecule has 1 N–H and O–H groups in total. The van der Waals surface area contributed by atoms with E-state index in [1.54, 1.807) is 6.34 Å². The van der Waals surface area contributed by atoms with Gasteiger partial charge in [-0.15, -0.1) is 0 Å². The Morgan fingerprint density at radius 1 is 1.20 bits per heavy atom. The van der Waals surface area contributed by atoms with Crippen LogP contribution in [0, 0.1) is 0 Å². The predicted octanol–water partition coefficient (Wildman–Crippen LogP) is -1.89. The molecule has 1 heterocycles. The first-order valence-electron chi connectivity index (χ1n) is 2.85. The fourth-order valence-corrected chi connectivity index (χ4v) is 0.880. The second-order valence-corrected chi connectivity index (χ2v) is 1.92. The number of rotatable bonds is 0. The molecule has 3 heteroatoms. The van der Waals surface area contributed by atoms with Crippen LogP contribution in [-0.4, -0.2) is 6.34 Å². The Bertz CT molecular complexity index is 258. The molecule has 1 aliphatic rings. The highest BCUT2D eigenvalue weighted by molar-refractivity contribution is 5.88. The Morgan fingerprint density at radius 2 is 2.00 bits per heavy atom. The zero-order valence-electron chi connectivity index (χ0n) is 5.21. The van der Waals surface area contributed by atoms with Crippen LogP contribution in [0.15, 0.2) is 24.3 Å². The van der Waals surface area contributed by atoms with Crippen molar-refractivity contribution in [3.05, 3.63) is 24.3 Å². The number of anilines is 1. The molecule has 1 aromatic rings. The van der Waals surface area contributed by atoms with E-state index < -0.39 is 0 Å². The lowest BCUT2D eigenvalue weighted by molar-refractivity contribution is -0.00000180. The van der Waals surface area contributed by atoms with Crippen LogP contribution in [-0.2, 0) is 0 Å². The number of hydrogen-bond acceptors (Lipinski definition) is 2. The molecule has 0 unspecified atom stereocenters. The second kappa shape index (κ2) is 3.01. The summed E-state index contributed by atoms with van der Waals surface area (Å²) in [5.74, 6) is 0. The van der Waals surface area contributed by atoms with Gasteiger partial charge < -0.3 is 24.0 Å². The van der Waals surface area contributed by atoms with Crippen LogP contribution in [0.3, 0.4) is 0 Å². The van der Waals surface area contributed by atoms with E-state index in [0.29, 0.717) is 0 Å². The zero-order chi connectivity index (χ0) is 6.10. The Labute approximate surface area is 76.4 Å². The maximum absolute atomic E-state index is 4.06. The molecule has 0 saturated carbocycles. The predicted molar refractivity (Wildman–Crippen MR) is 37.9 cm³/mol. The van der Waals surface area contributed by atoms with E-state index in [0.717, 1.165) is 11.4 Å². The van der Waals surface area contributed by atoms with Crippen molar-refractivity contribution < 1.29 is 24.0 Å². The first-order valence-corrected chi connectivity index (χ1v) is 2.85. The van der Waals surface area contributed by atoms with Gasteiger partial charge in [-0.3, -0.25) is 0 Å². The summed E-state index contributed by atoms with van der Waals surface area (Å²) in [6.07, 6.45) is 1.70. The summed E-state index contributed by atoms with van der Waals surface area (Å²) < 4.78 is 0. The third-order valence-electron chi connectivity index (χ3n) is 1.33. The molecule has 0 atom stereocenters. The summed E-state index contributed by atoms with van der Waals surface area (Å²) in [4.78, 5) is 4.06. The lowest BCUT2D eigenvalue weighted by atomic mass is 10.3. The molecule has 0 amide bonds. The van der Waals surface area contributed by atoms with Crippen molar-refractivity contribution in [1.82, 2.24) is 4.99 Å². The number of aliphatic imine (C=N–C) groups is 1. The topological polar surface area (TPSA) is 26.1 Å². The van der Waals surface area contributed by atoms with Crippen molar-refractivity contribution in [1.29, 1.82) is 0 Å².